The number of hydrogen-bond acceptors (Lipinski definition) is 0. The number of hydrogen-bond donors (Lipinski definition) is 0. The van der Waals surface area contributed by atoms with Crippen LogP contribution in [0.1, 0.15) is 64.2 Å². The summed E-state index contributed by atoms with van der Waals surface area (Å²) in [7, 11) is 0. The largest absolute Gasteiger partial charge is 0.0530 e. The van der Waals surface area contributed by atoms with E-state index >= 15 is 0 Å². The van der Waals surface area contributed by atoms with Gasteiger partial charge in [0.15, 0.2) is 0 Å². The molecule has 3 aliphatic rings. The second-order valence-electron chi connectivity index (χ2n) is 5.92. The van der Waals surface area contributed by atoms with E-state index in [2.05, 4.69) is 0 Å². The summed E-state index contributed by atoms with van der Waals surface area (Å²) in [5.41, 5.74) is 0.875. The third kappa shape index (κ3) is 1.33. The first-order valence-electron chi connectivity index (χ1n) is 6.38. The molecule has 0 aromatic rings. The third-order valence-corrected chi connectivity index (χ3v) is 5.12. The fourth-order valence-electron chi connectivity index (χ4n) is 4.55. The van der Waals surface area contributed by atoms with Gasteiger partial charge in [-0.1, -0.05) is 38.5 Å². The second-order valence-corrected chi connectivity index (χ2v) is 5.92. The van der Waals surface area contributed by atoms with Crippen LogP contribution in [0.4, 0.5) is 0 Å². The lowest BCUT2D eigenvalue weighted by Crippen LogP contribution is -2.12. The Hall–Kier alpha value is 0. The summed E-state index contributed by atoms with van der Waals surface area (Å²) in [6.07, 6.45) is 15.7. The van der Waals surface area contributed by atoms with Gasteiger partial charge in [-0.3, -0.25) is 0 Å². The molecule has 0 aromatic carbocycles. The summed E-state index contributed by atoms with van der Waals surface area (Å²) in [6, 6.07) is 0. The Kier molecular flexibility index (Phi) is 1.92. The van der Waals surface area contributed by atoms with E-state index in [9.17, 15) is 0 Å². The van der Waals surface area contributed by atoms with Gasteiger partial charge in [0.1, 0.15) is 0 Å². The van der Waals surface area contributed by atoms with Crippen molar-refractivity contribution in [3.05, 3.63) is 0 Å². The van der Waals surface area contributed by atoms with E-state index in [0.717, 1.165) is 17.3 Å². The lowest BCUT2D eigenvalue weighted by atomic mass is 9.82. The summed E-state index contributed by atoms with van der Waals surface area (Å²) < 4.78 is 0. The zero-order valence-electron chi connectivity index (χ0n) is 8.73. The molecule has 0 amide bonds. The lowest BCUT2D eigenvalue weighted by molar-refractivity contribution is 0.277. The summed E-state index contributed by atoms with van der Waals surface area (Å²) in [5, 5.41) is 0. The van der Waals surface area contributed by atoms with Gasteiger partial charge < -0.3 is 0 Å². The van der Waals surface area contributed by atoms with Crippen molar-refractivity contribution in [2.24, 2.45) is 17.3 Å². The van der Waals surface area contributed by atoms with E-state index in [0.29, 0.717) is 0 Å². The average molecular weight is 178 g/mol. The highest BCUT2D eigenvalue weighted by Crippen LogP contribution is 2.58. The van der Waals surface area contributed by atoms with Crippen LogP contribution in [0.15, 0.2) is 0 Å². The molecule has 0 heteroatoms. The fraction of sp³-hybridized carbons (Fsp3) is 1.00. The molecule has 3 aliphatic carbocycles. The van der Waals surface area contributed by atoms with Crippen LogP contribution in [-0.2, 0) is 0 Å². The van der Waals surface area contributed by atoms with Crippen molar-refractivity contribution in [3.63, 3.8) is 0 Å². The molecule has 0 bridgehead atoms. The molecule has 3 saturated carbocycles. The molecule has 0 saturated heterocycles. The topological polar surface area (TPSA) is 0 Å². The molecule has 0 heterocycles. The molecule has 3 rings (SSSR count). The van der Waals surface area contributed by atoms with Crippen molar-refractivity contribution < 1.29 is 0 Å². The molecular weight excluding hydrogens is 156 g/mol. The van der Waals surface area contributed by atoms with Crippen LogP contribution >= 0.6 is 0 Å². The van der Waals surface area contributed by atoms with Gasteiger partial charge in [-0.15, -0.1) is 0 Å². The SMILES string of the molecule is C1CCC2CC3(CCCC3)CC2C1. The van der Waals surface area contributed by atoms with E-state index in [-0.39, 0.29) is 0 Å². The first kappa shape index (κ1) is 8.32. The van der Waals surface area contributed by atoms with Crippen LogP contribution in [0, 0.1) is 17.3 Å². The normalized spacial score (nSPS) is 42.5. The molecule has 0 nitrogen and oxygen atoms in total. The summed E-state index contributed by atoms with van der Waals surface area (Å²) in [6.45, 7) is 0. The highest BCUT2D eigenvalue weighted by Gasteiger charge is 2.46. The van der Waals surface area contributed by atoms with Crippen molar-refractivity contribution in [3.8, 4) is 0 Å². The maximum absolute atomic E-state index is 1.62. The van der Waals surface area contributed by atoms with Crippen LogP contribution < -0.4 is 0 Å². The monoisotopic (exact) mass is 178 g/mol. The molecule has 3 fully saturated rings. The Labute approximate surface area is 82.1 Å². The van der Waals surface area contributed by atoms with Gasteiger partial charge in [0.05, 0.1) is 0 Å². The molecule has 1 spiro atoms. The molecule has 2 atom stereocenters. The molecule has 13 heavy (non-hydrogen) atoms. The van der Waals surface area contributed by atoms with Crippen LogP contribution in [0.3, 0.4) is 0 Å². The van der Waals surface area contributed by atoms with Crippen molar-refractivity contribution in [1.82, 2.24) is 0 Å². The predicted octanol–water partition coefficient (Wildman–Crippen LogP) is 4.15. The molecule has 74 valence electrons. The van der Waals surface area contributed by atoms with Gasteiger partial charge >= 0.3 is 0 Å². The van der Waals surface area contributed by atoms with E-state index in [1.165, 1.54) is 12.8 Å². The Morgan fingerprint density at radius 2 is 1.23 bits per heavy atom. The van der Waals surface area contributed by atoms with Crippen LogP contribution in [0.25, 0.3) is 0 Å². The summed E-state index contributed by atoms with van der Waals surface area (Å²) in [5.74, 6) is 2.32. The minimum Gasteiger partial charge on any atom is -0.0530 e. The standard InChI is InChI=1S/C13H22/c1-2-6-12-10-13(7-3-4-8-13)9-11(12)5-1/h11-12H,1-10H2. The van der Waals surface area contributed by atoms with Gasteiger partial charge in [-0.05, 0) is 42.9 Å². The fourth-order valence-corrected chi connectivity index (χ4v) is 4.55. The van der Waals surface area contributed by atoms with Crippen LogP contribution in [0.2, 0.25) is 0 Å². The Bertz CT molecular complexity index is 172. The minimum atomic E-state index is 0.875. The summed E-state index contributed by atoms with van der Waals surface area (Å²) in [4.78, 5) is 0. The van der Waals surface area contributed by atoms with Crippen molar-refractivity contribution in [2.45, 2.75) is 64.2 Å². The smallest absolute Gasteiger partial charge is 0.0292 e. The highest BCUT2D eigenvalue weighted by atomic mass is 14.5. The van der Waals surface area contributed by atoms with Crippen LogP contribution in [0.5, 0.6) is 0 Å². The minimum absolute atomic E-state index is 0.875. The Balaban J connectivity index is 1.74. The quantitative estimate of drug-likeness (QED) is 0.523. The maximum atomic E-state index is 1.62. The van der Waals surface area contributed by atoms with Gasteiger partial charge in [0.25, 0.3) is 0 Å². The first-order chi connectivity index (χ1) is 6.38. The molecule has 0 radical (unpaired) electrons. The van der Waals surface area contributed by atoms with E-state index in [4.69, 9.17) is 0 Å². The van der Waals surface area contributed by atoms with Gasteiger partial charge in [0, 0.05) is 0 Å². The van der Waals surface area contributed by atoms with Gasteiger partial charge in [0.2, 0.25) is 0 Å². The number of rotatable bonds is 0. The molecule has 2 unspecified atom stereocenters. The van der Waals surface area contributed by atoms with Crippen molar-refractivity contribution in [2.75, 3.05) is 0 Å². The Morgan fingerprint density at radius 3 is 1.77 bits per heavy atom. The van der Waals surface area contributed by atoms with Crippen molar-refractivity contribution in [1.29, 1.82) is 0 Å². The lowest BCUT2D eigenvalue weighted by Gasteiger charge is -2.24. The second kappa shape index (κ2) is 3.00. The predicted molar refractivity (Wildman–Crippen MR) is 55.6 cm³/mol. The molecule has 0 aromatic heterocycles. The Morgan fingerprint density at radius 1 is 0.692 bits per heavy atom. The average Bonchev–Trinajstić information content (AvgIpc) is 2.72. The van der Waals surface area contributed by atoms with Crippen molar-refractivity contribution >= 4 is 0 Å². The number of fused-ring (bicyclic) bond motifs is 1. The maximum Gasteiger partial charge on any atom is -0.0292 e. The van der Waals surface area contributed by atoms with Gasteiger partial charge in [-0.2, -0.15) is 0 Å². The van der Waals surface area contributed by atoms with E-state index < -0.39 is 0 Å². The first-order valence-corrected chi connectivity index (χ1v) is 6.38. The molecule has 0 aliphatic heterocycles. The van der Waals surface area contributed by atoms with E-state index in [1.807, 2.05) is 0 Å². The highest BCUT2D eigenvalue weighted by molar-refractivity contribution is 4.97. The molecular formula is C13H22. The third-order valence-electron chi connectivity index (χ3n) is 5.12. The zero-order valence-corrected chi connectivity index (χ0v) is 8.73. The van der Waals surface area contributed by atoms with Crippen LogP contribution in [-0.4, -0.2) is 0 Å². The summed E-state index contributed by atoms with van der Waals surface area (Å²) >= 11 is 0. The van der Waals surface area contributed by atoms with E-state index in [1.54, 1.807) is 51.4 Å². The molecule has 0 N–H and O–H groups in total. The van der Waals surface area contributed by atoms with Gasteiger partial charge in [-0.25, -0.2) is 0 Å². The zero-order chi connectivity index (χ0) is 8.73.